The molecule has 0 amide bonds. The Kier molecular flexibility index (Phi) is 27.5. The molecule has 0 saturated heterocycles. The third-order valence-electron chi connectivity index (χ3n) is 0.816. The van der Waals surface area contributed by atoms with Gasteiger partial charge >= 0.3 is 31.0 Å². The van der Waals surface area contributed by atoms with E-state index in [1.807, 2.05) is 11.4 Å². The molecule has 76 valence electrons. The number of hydrogen-bond donors (Lipinski definition) is 0. The Morgan fingerprint density at radius 1 is 0.846 bits per heavy atom. The summed E-state index contributed by atoms with van der Waals surface area (Å²) in [4.78, 5) is 4.59. The van der Waals surface area contributed by atoms with Crippen molar-refractivity contribution in [3.8, 4) is 0 Å². The summed E-state index contributed by atoms with van der Waals surface area (Å²) in [5.74, 6) is 0. The Labute approximate surface area is 99.0 Å². The van der Waals surface area contributed by atoms with Crippen molar-refractivity contribution < 1.29 is 0 Å². The zero-order chi connectivity index (χ0) is 11.3. The van der Waals surface area contributed by atoms with Crippen LogP contribution in [0.2, 0.25) is 36.1 Å². The van der Waals surface area contributed by atoms with Crippen LogP contribution in [0.3, 0.4) is 0 Å². The first-order valence-corrected chi connectivity index (χ1v) is 15.3. The van der Waals surface area contributed by atoms with E-state index in [-0.39, 0.29) is 38.7 Å². The molecule has 0 aromatic carbocycles. The van der Waals surface area contributed by atoms with Gasteiger partial charge in [0.2, 0.25) is 0 Å². The van der Waals surface area contributed by atoms with Crippen LogP contribution in [-0.2, 0) is 0 Å². The average molecular weight is 319 g/mol. The Morgan fingerprint density at radius 2 is 0.923 bits per heavy atom. The van der Waals surface area contributed by atoms with Crippen LogP contribution in [0.5, 0.6) is 0 Å². The summed E-state index contributed by atoms with van der Waals surface area (Å²) in [6, 6.07) is 0. The van der Waals surface area contributed by atoms with E-state index in [2.05, 4.69) is 49.2 Å². The molecule has 0 aliphatic carbocycles. The van der Waals surface area contributed by atoms with Crippen LogP contribution in [0.1, 0.15) is 0 Å². The molecule has 3 heteroatoms. The predicted octanol–water partition coefficient (Wildman–Crippen LogP) is 3.72. The summed E-state index contributed by atoms with van der Waals surface area (Å²) in [5.41, 5.74) is 4.04. The summed E-state index contributed by atoms with van der Waals surface area (Å²) < 4.78 is 0. The molecule has 4 radical (unpaired) electrons. The van der Waals surface area contributed by atoms with Crippen LogP contribution in [0.4, 0.5) is 0 Å². The van der Waals surface area contributed by atoms with Gasteiger partial charge in [0.25, 0.3) is 0 Å². The van der Waals surface area contributed by atoms with Gasteiger partial charge in [-0.1, -0.05) is 26.2 Å². The van der Waals surface area contributed by atoms with Crippen molar-refractivity contribution in [1.82, 2.24) is 0 Å². The fourth-order valence-electron chi connectivity index (χ4n) is 0. The molecule has 0 bridgehead atoms. The van der Waals surface area contributed by atoms with E-state index >= 15 is 0 Å². The quantitative estimate of drug-likeness (QED) is 0.681. The predicted molar refractivity (Wildman–Crippen MR) is 72.8 cm³/mol. The normalized spacial score (nSPS) is 8.00. The summed E-state index contributed by atoms with van der Waals surface area (Å²) in [6.45, 7) is 16.0. The molecule has 0 aliphatic heterocycles. The molecule has 0 rings (SSSR count). The SMILES string of the molecule is C=C[Si](C)C.C=C[Si](C)C.[CH3][Sn][CH3]. The maximum atomic E-state index is 3.61. The van der Waals surface area contributed by atoms with E-state index in [0.29, 0.717) is 0 Å². The molecule has 0 atom stereocenters. The Morgan fingerprint density at radius 3 is 0.923 bits per heavy atom. The molecular weight excluding hydrogens is 295 g/mol. The second-order valence-corrected chi connectivity index (χ2v) is 11.0. The molecule has 0 saturated carbocycles. The van der Waals surface area contributed by atoms with Gasteiger partial charge in [-0.25, -0.2) is 0 Å². The van der Waals surface area contributed by atoms with Gasteiger partial charge in [0.05, 0.1) is 17.6 Å². The Bertz CT molecular complexity index is 89.1. The molecular formula is C10H24Si2Sn. The van der Waals surface area contributed by atoms with E-state index in [4.69, 9.17) is 0 Å². The molecule has 0 heterocycles. The van der Waals surface area contributed by atoms with Crippen LogP contribution in [0, 0.1) is 0 Å². The van der Waals surface area contributed by atoms with Gasteiger partial charge in [0.15, 0.2) is 0 Å². The minimum absolute atomic E-state index is 0.110. The van der Waals surface area contributed by atoms with Gasteiger partial charge in [-0.05, 0) is 0 Å². The molecule has 0 unspecified atom stereocenters. The van der Waals surface area contributed by atoms with E-state index in [9.17, 15) is 0 Å². The van der Waals surface area contributed by atoms with Crippen molar-refractivity contribution in [1.29, 1.82) is 0 Å². The number of hydrogen-bond acceptors (Lipinski definition) is 0. The van der Waals surface area contributed by atoms with Gasteiger partial charge in [-0.2, -0.15) is 0 Å². The van der Waals surface area contributed by atoms with Crippen molar-refractivity contribution in [3.63, 3.8) is 0 Å². The first kappa shape index (κ1) is 19.3. The molecule has 0 aliphatic rings. The van der Waals surface area contributed by atoms with Crippen LogP contribution >= 0.6 is 0 Å². The maximum absolute atomic E-state index is 3.61. The molecule has 0 aromatic heterocycles. The Balaban J connectivity index is -0.000000120. The van der Waals surface area contributed by atoms with Gasteiger partial charge in [-0.3, -0.25) is 0 Å². The fourth-order valence-corrected chi connectivity index (χ4v) is 0. The topological polar surface area (TPSA) is 0 Å². The van der Waals surface area contributed by atoms with Crippen molar-refractivity contribution in [2.45, 2.75) is 36.1 Å². The van der Waals surface area contributed by atoms with E-state index in [0.717, 1.165) is 0 Å². The third kappa shape index (κ3) is 65.7. The van der Waals surface area contributed by atoms with Gasteiger partial charge in [0.1, 0.15) is 0 Å². The summed E-state index contributed by atoms with van der Waals surface area (Å²) in [7, 11) is -0.220. The molecule has 0 fully saturated rings. The van der Waals surface area contributed by atoms with Gasteiger partial charge < -0.3 is 0 Å². The summed E-state index contributed by atoms with van der Waals surface area (Å²) in [5, 5.41) is 0. The zero-order valence-electron chi connectivity index (χ0n) is 10.1. The van der Waals surface area contributed by atoms with Crippen molar-refractivity contribution in [2.75, 3.05) is 0 Å². The Hall–Kier alpha value is 0.712. The molecule has 0 spiro atoms. The molecule has 0 nitrogen and oxygen atoms in total. The minimum atomic E-state index is -0.110. The molecule has 0 N–H and O–H groups in total. The summed E-state index contributed by atoms with van der Waals surface area (Å²) >= 11 is 0.230. The van der Waals surface area contributed by atoms with Crippen LogP contribution < -0.4 is 0 Å². The molecule has 0 aromatic rings. The second kappa shape index (κ2) is 18.5. The van der Waals surface area contributed by atoms with Crippen molar-refractivity contribution in [2.24, 2.45) is 0 Å². The first-order chi connectivity index (χ1) is 5.95. The van der Waals surface area contributed by atoms with Crippen LogP contribution in [0.25, 0.3) is 0 Å². The molecule has 13 heavy (non-hydrogen) atoms. The van der Waals surface area contributed by atoms with Crippen LogP contribution in [-0.4, -0.2) is 38.7 Å². The van der Waals surface area contributed by atoms with E-state index < -0.39 is 0 Å². The first-order valence-electron chi connectivity index (χ1n) is 4.39. The van der Waals surface area contributed by atoms with Crippen molar-refractivity contribution in [3.05, 3.63) is 24.6 Å². The second-order valence-electron chi connectivity index (χ2n) is 3.06. The standard InChI is InChI=1S/2C4H9Si.2CH3.Sn/c2*1-4-5(2)3;;;/h2*4H,1H2,2-3H3;2*1H3;. The number of rotatable bonds is 2. The van der Waals surface area contributed by atoms with E-state index in [1.165, 1.54) is 0 Å². The fraction of sp³-hybridized carbons (Fsp3) is 0.600. The zero-order valence-corrected chi connectivity index (χ0v) is 14.9. The van der Waals surface area contributed by atoms with Gasteiger partial charge in [0, 0.05) is 0 Å². The monoisotopic (exact) mass is 320 g/mol. The third-order valence-corrected chi connectivity index (χ3v) is 2.45. The van der Waals surface area contributed by atoms with Crippen LogP contribution in [0.15, 0.2) is 24.6 Å². The van der Waals surface area contributed by atoms with Crippen molar-refractivity contribution >= 4 is 38.7 Å². The average Bonchev–Trinajstić information content (AvgIpc) is 2.07. The van der Waals surface area contributed by atoms with Gasteiger partial charge in [-0.15, -0.1) is 24.6 Å². The van der Waals surface area contributed by atoms with E-state index in [1.54, 1.807) is 0 Å². The summed E-state index contributed by atoms with van der Waals surface area (Å²) in [6.07, 6.45) is 0.